The second-order valence-electron chi connectivity index (χ2n) is 16.5. The lowest BCUT2D eigenvalue weighted by molar-refractivity contribution is -0.203. The minimum absolute atomic E-state index is 0.155. The van der Waals surface area contributed by atoms with Gasteiger partial charge in [0.2, 0.25) is 0 Å². The van der Waals surface area contributed by atoms with Crippen LogP contribution in [-0.4, -0.2) is 32.6 Å². The Balaban J connectivity index is 1.14. The molecule has 4 fully saturated rings. The number of hydrogen-bond donors (Lipinski definition) is 2. The summed E-state index contributed by atoms with van der Waals surface area (Å²) in [7, 11) is 0. The molecule has 2 aromatic rings. The maximum absolute atomic E-state index is 12.0. The highest BCUT2D eigenvalue weighted by atomic mass is 32.1. The summed E-state index contributed by atoms with van der Waals surface area (Å²) in [6.45, 7) is 16.7. The predicted octanol–water partition coefficient (Wildman–Crippen LogP) is 8.70. The maximum atomic E-state index is 12.0. The Morgan fingerprint density at radius 2 is 1.62 bits per heavy atom. The lowest BCUT2D eigenvalue weighted by Crippen LogP contribution is -2.62. The van der Waals surface area contributed by atoms with E-state index in [1.165, 1.54) is 36.8 Å². The topological polar surface area (TPSA) is 66.2 Å². The molecule has 0 radical (unpaired) electrons. The van der Waals surface area contributed by atoms with Gasteiger partial charge >= 0.3 is 0 Å². The molecule has 0 aliphatic heterocycles. The first-order chi connectivity index (χ1) is 19.9. The van der Waals surface area contributed by atoms with Crippen LogP contribution in [0.2, 0.25) is 0 Å². The van der Waals surface area contributed by atoms with Crippen LogP contribution in [0.4, 0.5) is 0 Å². The summed E-state index contributed by atoms with van der Waals surface area (Å²) in [5, 5.41) is 34.0. The quantitative estimate of drug-likeness (QED) is 0.352. The van der Waals surface area contributed by atoms with Crippen LogP contribution in [-0.2, 0) is 11.8 Å². The highest BCUT2D eigenvalue weighted by Crippen LogP contribution is 2.69. The normalized spacial score (nSPS) is 40.7. The average molecular weight is 593 g/mol. The van der Waals surface area contributed by atoms with E-state index in [0.29, 0.717) is 46.8 Å². The van der Waals surface area contributed by atoms with Crippen LogP contribution in [0, 0.1) is 52.3 Å². The molecule has 1 heterocycles. The van der Waals surface area contributed by atoms with Crippen LogP contribution in [0.3, 0.4) is 0 Å². The Bertz CT molecular complexity index is 1240. The Hall–Kier alpha value is -1.30. The lowest BCUT2D eigenvalue weighted by Gasteiger charge is -2.64. The number of fused-ring (bicyclic) bond motifs is 5. The Morgan fingerprint density at radius 3 is 2.31 bits per heavy atom. The largest absolute Gasteiger partial charge is 0.393 e. The van der Waals surface area contributed by atoms with Crippen LogP contribution >= 0.6 is 11.3 Å². The third-order valence-electron chi connectivity index (χ3n) is 13.4. The maximum Gasteiger partial charge on any atom is 0.147 e. The molecule has 1 aromatic carbocycles. The van der Waals surface area contributed by atoms with Crippen molar-refractivity contribution in [1.82, 2.24) is 10.2 Å². The fourth-order valence-electron chi connectivity index (χ4n) is 11.1. The molecule has 0 amide bonds. The first-order valence-corrected chi connectivity index (χ1v) is 18.0. The van der Waals surface area contributed by atoms with Crippen LogP contribution < -0.4 is 0 Å². The number of aliphatic hydroxyl groups excluding tert-OH is 2. The number of aliphatic hydroxyl groups is 2. The average Bonchev–Trinajstić information content (AvgIpc) is 3.57. The number of nitrogens with zero attached hydrogens (tertiary/aromatic N) is 2. The standard InChI is InChI=1S/C37H56N2O2S/c1-8-26-30-21-25(40)17-19-37(30,7)29-18-20-36(6)27(14-15-28(36)32(29)33(26)41)22(2)9-16-31-38-39-34(42-31)23-10-12-24(13-11-23)35(3,4)5/h10-13,22,25-30,32-33,40-41H,8-9,14-21H2,1-7H3/t22-,25-,26-,27-,28+,29+,30+,32+,33-,36-,37-/m1/s1. The highest BCUT2D eigenvalue weighted by Gasteiger charge is 2.64. The van der Waals surface area contributed by atoms with Crippen LogP contribution in [0.25, 0.3) is 10.6 Å². The van der Waals surface area contributed by atoms with Gasteiger partial charge in [-0.3, -0.25) is 0 Å². The van der Waals surface area contributed by atoms with E-state index in [-0.39, 0.29) is 23.0 Å². The Kier molecular flexibility index (Phi) is 8.23. The third kappa shape index (κ3) is 5.11. The highest BCUT2D eigenvalue weighted by molar-refractivity contribution is 7.14. The van der Waals surface area contributed by atoms with E-state index < -0.39 is 0 Å². The summed E-state index contributed by atoms with van der Waals surface area (Å²) in [5.74, 6) is 3.83. The monoisotopic (exact) mass is 592 g/mol. The van der Waals surface area contributed by atoms with E-state index in [0.717, 1.165) is 48.5 Å². The predicted molar refractivity (Wildman–Crippen MR) is 173 cm³/mol. The molecule has 1 aromatic heterocycles. The van der Waals surface area contributed by atoms with Crippen molar-refractivity contribution >= 4 is 11.3 Å². The van der Waals surface area contributed by atoms with Gasteiger partial charge < -0.3 is 10.2 Å². The van der Waals surface area contributed by atoms with Crippen molar-refractivity contribution in [1.29, 1.82) is 0 Å². The van der Waals surface area contributed by atoms with Crippen LogP contribution in [0.15, 0.2) is 24.3 Å². The minimum atomic E-state index is -0.209. The fraction of sp³-hybridized carbons (Fsp3) is 0.784. The van der Waals surface area contributed by atoms with Gasteiger partial charge in [-0.1, -0.05) is 90.5 Å². The number of rotatable bonds is 6. The van der Waals surface area contributed by atoms with Gasteiger partial charge in [0.25, 0.3) is 0 Å². The SMILES string of the molecule is CC[C@H]1[C@@H](O)[C@@H]2[C@H](CC[C@]3(C)[C@@H]([C@H](C)CCc4nnc(-c5ccc(C(C)(C)C)cc5)s4)CC[C@@H]23)[C@@]2(C)CC[C@@H](O)C[C@@H]12. The summed E-state index contributed by atoms with van der Waals surface area (Å²) in [5.41, 5.74) is 3.26. The van der Waals surface area contributed by atoms with E-state index in [9.17, 15) is 10.2 Å². The zero-order chi connectivity index (χ0) is 30.0. The summed E-state index contributed by atoms with van der Waals surface area (Å²) >= 11 is 1.76. The summed E-state index contributed by atoms with van der Waals surface area (Å²) < 4.78 is 0. The lowest BCUT2D eigenvalue weighted by atomic mass is 9.41. The number of benzene rings is 1. The second kappa shape index (κ2) is 11.2. The van der Waals surface area contributed by atoms with Crippen molar-refractivity contribution in [2.75, 3.05) is 0 Å². The minimum Gasteiger partial charge on any atom is -0.393 e. The van der Waals surface area contributed by atoms with Crippen molar-refractivity contribution in [2.45, 2.75) is 130 Å². The molecule has 4 saturated carbocycles. The fourth-order valence-corrected chi connectivity index (χ4v) is 11.9. The molecule has 4 aliphatic rings. The summed E-state index contributed by atoms with van der Waals surface area (Å²) in [6, 6.07) is 8.86. The number of aryl methyl sites for hydroxylation is 1. The number of hydrogen-bond acceptors (Lipinski definition) is 5. The molecule has 2 N–H and O–H groups in total. The van der Waals surface area contributed by atoms with Crippen molar-refractivity contribution in [3.05, 3.63) is 34.8 Å². The van der Waals surface area contributed by atoms with E-state index >= 15 is 0 Å². The van der Waals surface area contributed by atoms with E-state index in [2.05, 4.69) is 82.9 Å². The van der Waals surface area contributed by atoms with Gasteiger partial charge in [0.1, 0.15) is 10.0 Å². The molecular formula is C37H56N2O2S. The first-order valence-electron chi connectivity index (χ1n) is 17.2. The van der Waals surface area contributed by atoms with E-state index in [4.69, 9.17) is 0 Å². The molecule has 0 spiro atoms. The summed E-state index contributed by atoms with van der Waals surface area (Å²) in [4.78, 5) is 0. The number of aromatic nitrogens is 2. The molecule has 5 heteroatoms. The molecule has 6 rings (SSSR count). The van der Waals surface area contributed by atoms with Crippen LogP contribution in [0.1, 0.15) is 117 Å². The van der Waals surface area contributed by atoms with Crippen molar-refractivity contribution in [3.63, 3.8) is 0 Å². The van der Waals surface area contributed by atoms with E-state index in [1.54, 1.807) is 11.3 Å². The molecule has 4 nitrogen and oxygen atoms in total. The van der Waals surface area contributed by atoms with Crippen LogP contribution in [0.5, 0.6) is 0 Å². The first kappa shape index (κ1) is 30.7. The molecule has 232 valence electrons. The van der Waals surface area contributed by atoms with Crippen molar-refractivity contribution in [2.24, 2.45) is 52.3 Å². The van der Waals surface area contributed by atoms with Gasteiger partial charge in [-0.2, -0.15) is 0 Å². The Morgan fingerprint density at radius 1 is 0.929 bits per heavy atom. The van der Waals surface area contributed by atoms with Crippen molar-refractivity contribution < 1.29 is 10.2 Å². The zero-order valence-electron chi connectivity index (χ0n) is 27.3. The molecule has 0 unspecified atom stereocenters. The molecule has 0 saturated heterocycles. The summed E-state index contributed by atoms with van der Waals surface area (Å²) in [6.07, 6.45) is 10.9. The molecule has 42 heavy (non-hydrogen) atoms. The molecule has 4 aliphatic carbocycles. The van der Waals surface area contributed by atoms with Gasteiger partial charge in [0.15, 0.2) is 0 Å². The molecule has 11 atom stereocenters. The third-order valence-corrected chi connectivity index (χ3v) is 14.5. The second-order valence-corrected chi connectivity index (χ2v) is 17.5. The molecular weight excluding hydrogens is 536 g/mol. The van der Waals surface area contributed by atoms with Crippen molar-refractivity contribution in [3.8, 4) is 10.6 Å². The zero-order valence-corrected chi connectivity index (χ0v) is 28.1. The van der Waals surface area contributed by atoms with E-state index in [1.807, 2.05) is 0 Å². The van der Waals surface area contributed by atoms with Gasteiger partial charge in [0.05, 0.1) is 12.2 Å². The van der Waals surface area contributed by atoms with Gasteiger partial charge in [-0.15, -0.1) is 10.2 Å². The van der Waals surface area contributed by atoms with Gasteiger partial charge in [0, 0.05) is 12.0 Å². The van der Waals surface area contributed by atoms with Gasteiger partial charge in [-0.05, 0) is 115 Å². The Labute approximate surface area is 259 Å². The smallest absolute Gasteiger partial charge is 0.147 e. The molecule has 0 bridgehead atoms. The van der Waals surface area contributed by atoms with Gasteiger partial charge in [-0.25, -0.2) is 0 Å².